The van der Waals surface area contributed by atoms with E-state index in [0.29, 0.717) is 16.9 Å². The van der Waals surface area contributed by atoms with E-state index in [0.717, 1.165) is 23.7 Å². The van der Waals surface area contributed by atoms with Crippen LogP contribution in [-0.2, 0) is 0 Å². The van der Waals surface area contributed by atoms with E-state index < -0.39 is 0 Å². The van der Waals surface area contributed by atoms with E-state index in [-0.39, 0.29) is 0 Å². The summed E-state index contributed by atoms with van der Waals surface area (Å²) in [4.78, 5) is 4.92. The van der Waals surface area contributed by atoms with Crippen molar-refractivity contribution in [2.24, 2.45) is 39.5 Å². The summed E-state index contributed by atoms with van der Waals surface area (Å²) in [5, 5.41) is 9.09. The van der Waals surface area contributed by atoms with Crippen LogP contribution in [0, 0.1) is 34.5 Å². The maximum absolute atomic E-state index is 9.09. The molecule has 2 spiro atoms. The molecule has 5 fully saturated rings. The number of aliphatic imine (C=N–C) groups is 1. The van der Waals surface area contributed by atoms with Crippen LogP contribution in [0.1, 0.15) is 83.5 Å². The monoisotopic (exact) mass is 330 g/mol. The van der Waals surface area contributed by atoms with Gasteiger partial charge in [-0.1, -0.05) is 44.9 Å². The summed E-state index contributed by atoms with van der Waals surface area (Å²) in [5.74, 6) is 3.82. The molecule has 5 aliphatic rings. The lowest BCUT2D eigenvalue weighted by Crippen LogP contribution is -2.48. The second-order valence-electron chi connectivity index (χ2n) is 9.83. The zero-order chi connectivity index (χ0) is 16.2. The Hall–Kier alpha value is -0.570. The van der Waals surface area contributed by atoms with Crippen molar-refractivity contribution in [1.29, 1.82) is 0 Å². The van der Waals surface area contributed by atoms with E-state index in [4.69, 9.17) is 10.2 Å². The van der Waals surface area contributed by atoms with Crippen LogP contribution in [0.5, 0.6) is 0 Å². The predicted octanol–water partition coefficient (Wildman–Crippen LogP) is 4.94. The van der Waals surface area contributed by atoms with Crippen LogP contribution in [0.15, 0.2) is 4.99 Å². The second kappa shape index (κ2) is 5.72. The van der Waals surface area contributed by atoms with E-state index in [1.165, 1.54) is 83.5 Å². The van der Waals surface area contributed by atoms with E-state index in [9.17, 15) is 0 Å². The predicted molar refractivity (Wildman–Crippen MR) is 96.0 cm³/mol. The third-order valence-electron chi connectivity index (χ3n) is 9.14. The maximum Gasteiger partial charge on any atom is 0.107 e. The fraction of sp³-hybridized carbons (Fsp3) is 0.952. The van der Waals surface area contributed by atoms with Gasteiger partial charge in [-0.05, 0) is 67.6 Å². The first-order chi connectivity index (χ1) is 11.8. The molecule has 0 bridgehead atoms. The van der Waals surface area contributed by atoms with Crippen molar-refractivity contribution >= 4 is 6.34 Å². The van der Waals surface area contributed by atoms with E-state index in [2.05, 4.69) is 5.48 Å². The zero-order valence-corrected chi connectivity index (χ0v) is 15.1. The van der Waals surface area contributed by atoms with E-state index >= 15 is 0 Å². The number of rotatable bonds is 4. The van der Waals surface area contributed by atoms with Crippen LogP contribution in [0.25, 0.3) is 0 Å². The molecule has 0 radical (unpaired) electrons. The van der Waals surface area contributed by atoms with Crippen LogP contribution in [0.3, 0.4) is 0 Å². The van der Waals surface area contributed by atoms with Crippen molar-refractivity contribution in [1.82, 2.24) is 5.48 Å². The summed E-state index contributed by atoms with van der Waals surface area (Å²) in [6.07, 6.45) is 20.5. The second-order valence-corrected chi connectivity index (χ2v) is 9.83. The van der Waals surface area contributed by atoms with Gasteiger partial charge in [-0.15, -0.1) is 0 Å². The lowest BCUT2D eigenvalue weighted by molar-refractivity contribution is -0.00693. The normalized spacial score (nSPS) is 46.5. The summed E-state index contributed by atoms with van der Waals surface area (Å²) in [5.41, 5.74) is 3.39. The van der Waals surface area contributed by atoms with Crippen molar-refractivity contribution in [2.75, 3.05) is 0 Å². The maximum atomic E-state index is 9.09. The highest BCUT2D eigenvalue weighted by Gasteiger charge is 2.84. The third kappa shape index (κ3) is 2.03. The first kappa shape index (κ1) is 15.7. The first-order valence-corrected chi connectivity index (χ1v) is 10.7. The largest absolute Gasteiger partial charge is 0.290 e. The molecular weight excluding hydrogens is 296 g/mol. The van der Waals surface area contributed by atoms with Crippen molar-refractivity contribution in [3.8, 4) is 0 Å². The van der Waals surface area contributed by atoms with Crippen molar-refractivity contribution in [3.05, 3.63) is 0 Å². The van der Waals surface area contributed by atoms with Crippen LogP contribution < -0.4 is 5.48 Å². The molecule has 2 N–H and O–H groups in total. The van der Waals surface area contributed by atoms with Gasteiger partial charge in [0.15, 0.2) is 0 Å². The van der Waals surface area contributed by atoms with Gasteiger partial charge in [-0.25, -0.2) is 0 Å². The lowest BCUT2D eigenvalue weighted by Gasteiger charge is -2.51. The topological polar surface area (TPSA) is 44.6 Å². The molecule has 5 aliphatic carbocycles. The summed E-state index contributed by atoms with van der Waals surface area (Å²) in [6, 6.07) is 0.480. The average Bonchev–Trinajstić information content (AvgIpc) is 3.02. The van der Waals surface area contributed by atoms with Gasteiger partial charge in [0.05, 0.1) is 6.04 Å². The van der Waals surface area contributed by atoms with E-state index in [1.807, 2.05) is 0 Å². The molecule has 0 saturated heterocycles. The Morgan fingerprint density at radius 3 is 2.50 bits per heavy atom. The number of nitrogens with one attached hydrogen (secondary N) is 1. The highest BCUT2D eigenvalue weighted by Crippen LogP contribution is 2.88. The fourth-order valence-electron chi connectivity index (χ4n) is 8.39. The molecular formula is C21H34N2O. The third-order valence-corrected chi connectivity index (χ3v) is 9.14. The molecule has 134 valence electrons. The standard InChI is InChI=1S/C21H34N2O/c24-23-14-22-19-12-16(11-15-5-1-2-6-15)7-8-17-18-13-20(21(17,18)19)9-3-4-10-20/h14-19,24H,1-13H2,(H,22,23). The quantitative estimate of drug-likeness (QED) is 0.436. The number of fused-ring (bicyclic) bond motifs is 1. The van der Waals surface area contributed by atoms with Crippen LogP contribution in [0.2, 0.25) is 0 Å². The molecule has 3 nitrogen and oxygen atoms in total. The van der Waals surface area contributed by atoms with Gasteiger partial charge in [0.25, 0.3) is 0 Å². The summed E-state index contributed by atoms with van der Waals surface area (Å²) in [7, 11) is 0. The zero-order valence-electron chi connectivity index (χ0n) is 15.1. The molecule has 5 atom stereocenters. The van der Waals surface area contributed by atoms with Gasteiger partial charge in [0.2, 0.25) is 0 Å². The number of hydrogen-bond donors (Lipinski definition) is 2. The number of hydrogen-bond acceptors (Lipinski definition) is 2. The van der Waals surface area contributed by atoms with E-state index in [1.54, 1.807) is 6.34 Å². The minimum atomic E-state index is 0.480. The number of nitrogens with zero attached hydrogens (tertiary/aromatic N) is 1. The Labute approximate surface area is 146 Å². The summed E-state index contributed by atoms with van der Waals surface area (Å²) >= 11 is 0. The minimum Gasteiger partial charge on any atom is -0.290 e. The van der Waals surface area contributed by atoms with Crippen LogP contribution in [-0.4, -0.2) is 17.6 Å². The van der Waals surface area contributed by atoms with Gasteiger partial charge in [0.1, 0.15) is 6.34 Å². The van der Waals surface area contributed by atoms with Crippen LogP contribution in [0.4, 0.5) is 0 Å². The van der Waals surface area contributed by atoms with Gasteiger partial charge in [-0.3, -0.25) is 15.7 Å². The molecule has 0 aromatic carbocycles. The smallest absolute Gasteiger partial charge is 0.107 e. The molecule has 5 saturated carbocycles. The Morgan fingerprint density at radius 1 is 0.958 bits per heavy atom. The molecule has 0 aromatic rings. The molecule has 3 heteroatoms. The molecule has 0 heterocycles. The SMILES string of the molecule is ONC=NC1CC(CC2CCCC2)CCC2C3CC4(CCCC4)C123. The molecule has 5 rings (SSSR count). The van der Waals surface area contributed by atoms with Gasteiger partial charge >= 0.3 is 0 Å². The Kier molecular flexibility index (Phi) is 3.74. The summed E-state index contributed by atoms with van der Waals surface area (Å²) in [6.45, 7) is 0. The average molecular weight is 331 g/mol. The van der Waals surface area contributed by atoms with Crippen molar-refractivity contribution in [2.45, 2.75) is 89.5 Å². The lowest BCUT2D eigenvalue weighted by atomic mass is 9.54. The van der Waals surface area contributed by atoms with Crippen molar-refractivity contribution in [3.63, 3.8) is 0 Å². The Bertz CT molecular complexity index is 506. The van der Waals surface area contributed by atoms with Crippen LogP contribution >= 0.6 is 0 Å². The fourth-order valence-corrected chi connectivity index (χ4v) is 8.39. The molecule has 0 amide bonds. The molecule has 24 heavy (non-hydrogen) atoms. The molecule has 0 aliphatic heterocycles. The molecule has 0 aromatic heterocycles. The van der Waals surface area contributed by atoms with Gasteiger partial charge in [-0.2, -0.15) is 0 Å². The first-order valence-electron chi connectivity index (χ1n) is 10.7. The number of hydroxylamine groups is 1. The highest BCUT2D eigenvalue weighted by molar-refractivity contribution is 5.53. The van der Waals surface area contributed by atoms with Gasteiger partial charge in [0, 0.05) is 5.41 Å². The minimum absolute atomic E-state index is 0.480. The van der Waals surface area contributed by atoms with Crippen molar-refractivity contribution < 1.29 is 5.21 Å². The Balaban J connectivity index is 1.37. The summed E-state index contributed by atoms with van der Waals surface area (Å²) < 4.78 is 0. The molecule has 5 unspecified atom stereocenters. The Morgan fingerprint density at radius 2 is 1.75 bits per heavy atom. The highest BCUT2D eigenvalue weighted by atomic mass is 16.5. The van der Waals surface area contributed by atoms with Gasteiger partial charge < -0.3 is 0 Å².